The molecule has 0 N–H and O–H groups in total. The molecule has 1 heterocycles. The van der Waals surface area contributed by atoms with Crippen LogP contribution in [0.2, 0.25) is 0 Å². The normalized spacial score (nSPS) is 12.8. The molecule has 0 aliphatic rings. The van der Waals surface area contributed by atoms with Crippen LogP contribution in [0.3, 0.4) is 0 Å². The highest BCUT2D eigenvalue weighted by Crippen LogP contribution is 2.19. The molecule has 0 saturated carbocycles. The molecule has 2 unspecified atom stereocenters. The maximum Gasteiger partial charge on any atom is 0.242 e. The van der Waals surface area contributed by atoms with Gasteiger partial charge in [-0.05, 0) is 12.8 Å². The van der Waals surface area contributed by atoms with Crippen molar-refractivity contribution in [1.29, 1.82) is 0 Å². The second-order valence-electron chi connectivity index (χ2n) is 5.30. The summed E-state index contributed by atoms with van der Waals surface area (Å²) < 4.78 is 22.3. The lowest BCUT2D eigenvalue weighted by molar-refractivity contribution is -0.0458. The lowest BCUT2D eigenvalue weighted by Crippen LogP contribution is -2.20. The smallest absolute Gasteiger partial charge is 0.242 e. The third-order valence-corrected chi connectivity index (χ3v) is 3.29. The number of rotatable bonds is 14. The maximum atomic E-state index is 5.77. The van der Waals surface area contributed by atoms with Crippen molar-refractivity contribution >= 4 is 0 Å². The number of aromatic nitrogens is 1. The van der Waals surface area contributed by atoms with Crippen molar-refractivity contribution in [3.05, 3.63) is 43.9 Å². The molecular formula is C19H29NO4. The quantitative estimate of drug-likeness (QED) is 0.346. The fraction of sp³-hybridized carbons (Fsp3) is 0.526. The Labute approximate surface area is 145 Å². The van der Waals surface area contributed by atoms with Gasteiger partial charge < -0.3 is 18.9 Å². The van der Waals surface area contributed by atoms with Crippen LogP contribution < -0.4 is 9.47 Å². The van der Waals surface area contributed by atoms with Gasteiger partial charge in [-0.25, -0.2) is 0 Å². The molecule has 5 heteroatoms. The topological polar surface area (TPSA) is 49.8 Å². The Balaban J connectivity index is 2.69. The molecule has 0 radical (unpaired) electrons. The van der Waals surface area contributed by atoms with E-state index in [9.17, 15) is 0 Å². The van der Waals surface area contributed by atoms with Gasteiger partial charge in [0.2, 0.25) is 24.3 Å². The van der Waals surface area contributed by atoms with Gasteiger partial charge in [-0.1, -0.05) is 45.9 Å². The maximum absolute atomic E-state index is 5.77. The molecule has 2 atom stereocenters. The second-order valence-corrected chi connectivity index (χ2v) is 5.30. The SMILES string of the molecule is C=COC(CCCC)Oc1cccc(OC(CCCC)OC=C)n1. The van der Waals surface area contributed by atoms with E-state index < -0.39 is 12.6 Å². The van der Waals surface area contributed by atoms with Gasteiger partial charge in [0.1, 0.15) is 0 Å². The molecule has 0 spiro atoms. The summed E-state index contributed by atoms with van der Waals surface area (Å²) in [5.74, 6) is 0.895. The highest BCUT2D eigenvalue weighted by atomic mass is 16.7. The first-order valence-corrected chi connectivity index (χ1v) is 8.56. The number of nitrogens with zero attached hydrogens (tertiary/aromatic N) is 1. The number of ether oxygens (including phenoxy) is 4. The van der Waals surface area contributed by atoms with Gasteiger partial charge in [0.15, 0.2) is 0 Å². The van der Waals surface area contributed by atoms with Gasteiger partial charge >= 0.3 is 0 Å². The van der Waals surface area contributed by atoms with E-state index in [2.05, 4.69) is 32.0 Å². The standard InChI is InChI=1S/C19H29NO4/c1-5-9-14-18(21-7-3)23-16-12-11-13-17(20-16)24-19(22-8-4)15-10-6-2/h7-8,11-13,18-19H,3-6,9-10,14-15H2,1-2H3. The van der Waals surface area contributed by atoms with Crippen LogP contribution in [-0.2, 0) is 9.47 Å². The van der Waals surface area contributed by atoms with Gasteiger partial charge in [-0.3, -0.25) is 0 Å². The van der Waals surface area contributed by atoms with Crippen molar-refractivity contribution in [1.82, 2.24) is 4.98 Å². The van der Waals surface area contributed by atoms with E-state index in [4.69, 9.17) is 18.9 Å². The molecular weight excluding hydrogens is 306 g/mol. The van der Waals surface area contributed by atoms with Crippen LogP contribution in [0, 0.1) is 0 Å². The highest BCUT2D eigenvalue weighted by Gasteiger charge is 2.14. The Morgan fingerprint density at radius 1 is 0.917 bits per heavy atom. The van der Waals surface area contributed by atoms with E-state index in [0.29, 0.717) is 11.8 Å². The fourth-order valence-corrected chi connectivity index (χ4v) is 2.06. The zero-order valence-corrected chi connectivity index (χ0v) is 14.8. The van der Waals surface area contributed by atoms with E-state index in [1.807, 2.05) is 6.07 Å². The predicted octanol–water partition coefficient (Wildman–Crippen LogP) is 5.19. The summed E-state index contributed by atoms with van der Waals surface area (Å²) in [6.45, 7) is 11.4. The fourth-order valence-electron chi connectivity index (χ4n) is 2.06. The molecule has 0 amide bonds. The van der Waals surface area contributed by atoms with Gasteiger partial charge in [-0.15, -0.1) is 0 Å². The summed E-state index contributed by atoms with van der Waals surface area (Å²) in [7, 11) is 0. The average molecular weight is 335 g/mol. The van der Waals surface area contributed by atoms with E-state index >= 15 is 0 Å². The molecule has 134 valence electrons. The van der Waals surface area contributed by atoms with Crippen molar-refractivity contribution in [2.75, 3.05) is 0 Å². The predicted molar refractivity (Wildman–Crippen MR) is 94.7 cm³/mol. The van der Waals surface area contributed by atoms with Gasteiger partial charge in [0.25, 0.3) is 0 Å². The third-order valence-electron chi connectivity index (χ3n) is 3.29. The molecule has 0 bridgehead atoms. The van der Waals surface area contributed by atoms with Crippen LogP contribution in [0.4, 0.5) is 0 Å². The molecule has 24 heavy (non-hydrogen) atoms. The van der Waals surface area contributed by atoms with Crippen molar-refractivity contribution in [3.8, 4) is 11.8 Å². The van der Waals surface area contributed by atoms with Gasteiger partial charge in [-0.2, -0.15) is 4.98 Å². The van der Waals surface area contributed by atoms with E-state index in [1.165, 1.54) is 12.5 Å². The molecule has 0 aliphatic carbocycles. The second kappa shape index (κ2) is 12.3. The van der Waals surface area contributed by atoms with Crippen LogP contribution in [0.1, 0.15) is 52.4 Å². The van der Waals surface area contributed by atoms with Crippen molar-refractivity contribution in [2.45, 2.75) is 65.0 Å². The summed E-state index contributed by atoms with van der Waals surface area (Å²) in [5.41, 5.74) is 0. The third kappa shape index (κ3) is 7.90. The molecule has 0 saturated heterocycles. The minimum Gasteiger partial charge on any atom is -0.463 e. The molecule has 0 aromatic carbocycles. The van der Waals surface area contributed by atoms with Gasteiger partial charge in [0.05, 0.1) is 12.5 Å². The van der Waals surface area contributed by atoms with Crippen LogP contribution in [0.15, 0.2) is 43.9 Å². The summed E-state index contributed by atoms with van der Waals surface area (Å²) in [5, 5.41) is 0. The van der Waals surface area contributed by atoms with Crippen molar-refractivity contribution in [2.24, 2.45) is 0 Å². The lowest BCUT2D eigenvalue weighted by Gasteiger charge is -2.19. The van der Waals surface area contributed by atoms with E-state index in [1.54, 1.807) is 12.1 Å². The molecule has 1 aromatic heterocycles. The number of hydrogen-bond acceptors (Lipinski definition) is 5. The lowest BCUT2D eigenvalue weighted by atomic mass is 10.2. The molecule has 1 aromatic rings. The molecule has 0 fully saturated rings. The highest BCUT2D eigenvalue weighted by molar-refractivity contribution is 5.20. The first-order chi connectivity index (χ1) is 11.7. The van der Waals surface area contributed by atoms with Crippen LogP contribution in [0.25, 0.3) is 0 Å². The summed E-state index contributed by atoms with van der Waals surface area (Å²) in [4.78, 5) is 4.36. The Morgan fingerprint density at radius 3 is 1.75 bits per heavy atom. The first kappa shape index (κ1) is 19.9. The minimum absolute atomic E-state index is 0.398. The summed E-state index contributed by atoms with van der Waals surface area (Å²) in [6, 6.07) is 5.37. The molecule has 0 aliphatic heterocycles. The Bertz CT molecular complexity index is 439. The van der Waals surface area contributed by atoms with Crippen LogP contribution >= 0.6 is 0 Å². The average Bonchev–Trinajstić information content (AvgIpc) is 2.58. The van der Waals surface area contributed by atoms with Gasteiger partial charge in [0, 0.05) is 25.0 Å². The Kier molecular flexibility index (Phi) is 10.2. The number of unbranched alkanes of at least 4 members (excludes halogenated alkanes) is 2. The number of pyridine rings is 1. The minimum atomic E-state index is -0.398. The van der Waals surface area contributed by atoms with Crippen LogP contribution in [-0.4, -0.2) is 17.6 Å². The van der Waals surface area contributed by atoms with Crippen molar-refractivity contribution < 1.29 is 18.9 Å². The Morgan fingerprint density at radius 2 is 1.38 bits per heavy atom. The first-order valence-electron chi connectivity index (χ1n) is 8.56. The van der Waals surface area contributed by atoms with Crippen molar-refractivity contribution in [3.63, 3.8) is 0 Å². The number of hydrogen-bond donors (Lipinski definition) is 0. The largest absolute Gasteiger partial charge is 0.463 e. The molecule has 1 rings (SSSR count). The zero-order valence-electron chi connectivity index (χ0n) is 14.8. The molecule has 5 nitrogen and oxygen atoms in total. The Hall–Kier alpha value is -2.17. The van der Waals surface area contributed by atoms with Crippen LogP contribution in [0.5, 0.6) is 11.8 Å². The van der Waals surface area contributed by atoms with E-state index in [-0.39, 0.29) is 0 Å². The zero-order chi connectivity index (χ0) is 17.6. The summed E-state index contributed by atoms with van der Waals surface area (Å²) >= 11 is 0. The van der Waals surface area contributed by atoms with E-state index in [0.717, 1.165) is 38.5 Å². The monoisotopic (exact) mass is 335 g/mol. The summed E-state index contributed by atoms with van der Waals surface area (Å²) in [6.07, 6.45) is 7.66.